The number of para-hydroxylation sites is 1. The zero-order valence-corrected chi connectivity index (χ0v) is 14.9. The van der Waals surface area contributed by atoms with Crippen LogP contribution in [0.3, 0.4) is 0 Å². The van der Waals surface area contributed by atoms with Gasteiger partial charge in [-0.05, 0) is 49.4 Å². The third-order valence-electron chi connectivity index (χ3n) is 4.23. The summed E-state index contributed by atoms with van der Waals surface area (Å²) in [5.74, 6) is 1.58. The smallest absolute Gasteiger partial charge is 0.153 e. The van der Waals surface area contributed by atoms with E-state index in [0.29, 0.717) is 5.02 Å². The van der Waals surface area contributed by atoms with Crippen LogP contribution in [0.15, 0.2) is 59.1 Å². The predicted octanol–water partition coefficient (Wildman–Crippen LogP) is 5.25. The SMILES string of the molecule is CN1CC=C(C2=Nc3cc(Cl)ccc3Oc3ccccc32)CC1.Cl. The normalized spacial score (nSPS) is 16.6. The molecular weight excluding hydrogens is 343 g/mol. The quantitative estimate of drug-likeness (QED) is 0.693. The molecule has 2 aromatic carbocycles. The van der Waals surface area contributed by atoms with Gasteiger partial charge < -0.3 is 9.64 Å². The average molecular weight is 361 g/mol. The number of hydrogen-bond acceptors (Lipinski definition) is 3. The van der Waals surface area contributed by atoms with E-state index in [9.17, 15) is 0 Å². The van der Waals surface area contributed by atoms with Crippen molar-refractivity contribution in [1.29, 1.82) is 0 Å². The minimum absolute atomic E-state index is 0. The predicted molar refractivity (Wildman–Crippen MR) is 102 cm³/mol. The van der Waals surface area contributed by atoms with Gasteiger partial charge in [0.1, 0.15) is 11.4 Å². The van der Waals surface area contributed by atoms with Crippen molar-refractivity contribution < 1.29 is 4.74 Å². The first-order chi connectivity index (χ1) is 11.2. The summed E-state index contributed by atoms with van der Waals surface area (Å²) >= 11 is 6.15. The summed E-state index contributed by atoms with van der Waals surface area (Å²) in [6, 6.07) is 13.6. The summed E-state index contributed by atoms with van der Waals surface area (Å²) in [7, 11) is 2.13. The molecule has 0 fully saturated rings. The second kappa shape index (κ2) is 6.98. The molecule has 2 heterocycles. The number of hydrogen-bond donors (Lipinski definition) is 0. The first-order valence-electron chi connectivity index (χ1n) is 7.74. The lowest BCUT2D eigenvalue weighted by molar-refractivity contribution is 0.362. The Morgan fingerprint density at radius 2 is 1.96 bits per heavy atom. The zero-order valence-electron chi connectivity index (χ0n) is 13.3. The fourth-order valence-corrected chi connectivity index (χ4v) is 3.11. The second-order valence-corrected chi connectivity index (χ2v) is 6.35. The molecule has 0 unspecified atom stereocenters. The van der Waals surface area contributed by atoms with Gasteiger partial charge in [0.15, 0.2) is 5.75 Å². The maximum atomic E-state index is 6.15. The first kappa shape index (κ1) is 17.0. The van der Waals surface area contributed by atoms with Crippen molar-refractivity contribution in [1.82, 2.24) is 4.90 Å². The van der Waals surface area contributed by atoms with E-state index in [1.165, 1.54) is 5.57 Å². The van der Waals surface area contributed by atoms with Gasteiger partial charge in [0, 0.05) is 23.7 Å². The molecule has 24 heavy (non-hydrogen) atoms. The molecule has 0 spiro atoms. The van der Waals surface area contributed by atoms with Gasteiger partial charge in [-0.15, -0.1) is 12.4 Å². The molecule has 5 heteroatoms. The Labute approximate surface area is 153 Å². The van der Waals surface area contributed by atoms with Gasteiger partial charge in [-0.1, -0.05) is 29.8 Å². The van der Waals surface area contributed by atoms with Crippen LogP contribution in [-0.4, -0.2) is 30.7 Å². The standard InChI is InChI=1S/C19H17ClN2O.ClH/c1-22-10-8-13(9-11-22)19-15-4-2-3-5-17(15)23-18-7-6-14(20)12-16(18)21-19;/h2-8,12H,9-11H2,1H3;1H. The second-order valence-electron chi connectivity index (χ2n) is 5.91. The molecule has 2 aliphatic rings. The van der Waals surface area contributed by atoms with Crippen LogP contribution in [0.25, 0.3) is 0 Å². The van der Waals surface area contributed by atoms with Crippen LogP contribution in [0, 0.1) is 0 Å². The molecule has 0 amide bonds. The maximum Gasteiger partial charge on any atom is 0.153 e. The number of fused-ring (bicyclic) bond motifs is 2. The van der Waals surface area contributed by atoms with Crippen molar-refractivity contribution in [2.45, 2.75) is 6.42 Å². The van der Waals surface area contributed by atoms with Crippen molar-refractivity contribution in [2.75, 3.05) is 20.1 Å². The molecule has 0 aromatic heterocycles. The number of halogens is 2. The molecule has 0 bridgehead atoms. The largest absolute Gasteiger partial charge is 0.454 e. The lowest BCUT2D eigenvalue weighted by atomic mass is 9.96. The number of nitrogens with zero attached hydrogens (tertiary/aromatic N) is 2. The zero-order chi connectivity index (χ0) is 15.8. The van der Waals surface area contributed by atoms with Gasteiger partial charge in [-0.25, -0.2) is 4.99 Å². The molecule has 4 rings (SSSR count). The molecule has 0 saturated heterocycles. The highest BCUT2D eigenvalue weighted by molar-refractivity contribution is 6.31. The summed E-state index contributed by atoms with van der Waals surface area (Å²) in [6.45, 7) is 1.98. The van der Waals surface area contributed by atoms with Gasteiger partial charge in [0.2, 0.25) is 0 Å². The summed E-state index contributed by atoms with van der Waals surface area (Å²) in [6.07, 6.45) is 3.24. The molecule has 124 valence electrons. The van der Waals surface area contributed by atoms with E-state index in [4.69, 9.17) is 21.3 Å². The molecule has 0 aliphatic carbocycles. The van der Waals surface area contributed by atoms with Crippen molar-refractivity contribution in [3.05, 3.63) is 64.7 Å². The van der Waals surface area contributed by atoms with Crippen LogP contribution < -0.4 is 4.74 Å². The van der Waals surface area contributed by atoms with E-state index < -0.39 is 0 Å². The van der Waals surface area contributed by atoms with Crippen molar-refractivity contribution in [3.63, 3.8) is 0 Å². The Kier molecular flexibility index (Phi) is 4.95. The van der Waals surface area contributed by atoms with Gasteiger partial charge in [0.25, 0.3) is 0 Å². The third-order valence-corrected chi connectivity index (χ3v) is 4.47. The van der Waals surface area contributed by atoms with Crippen LogP contribution in [0.4, 0.5) is 5.69 Å². The fraction of sp³-hybridized carbons (Fsp3) is 0.211. The number of rotatable bonds is 1. The Balaban J connectivity index is 0.00000169. The van der Waals surface area contributed by atoms with Gasteiger partial charge in [-0.3, -0.25) is 0 Å². The van der Waals surface area contributed by atoms with Crippen LogP contribution in [0.5, 0.6) is 11.5 Å². The number of ether oxygens (including phenoxy) is 1. The molecule has 0 radical (unpaired) electrons. The van der Waals surface area contributed by atoms with Crippen molar-refractivity contribution in [2.24, 2.45) is 4.99 Å². The van der Waals surface area contributed by atoms with E-state index in [0.717, 1.165) is 48.0 Å². The summed E-state index contributed by atoms with van der Waals surface area (Å²) < 4.78 is 6.09. The van der Waals surface area contributed by atoms with Gasteiger partial charge >= 0.3 is 0 Å². The summed E-state index contributed by atoms with van der Waals surface area (Å²) in [4.78, 5) is 7.21. The highest BCUT2D eigenvalue weighted by atomic mass is 35.5. The van der Waals surface area contributed by atoms with E-state index in [1.807, 2.05) is 36.4 Å². The highest BCUT2D eigenvalue weighted by Crippen LogP contribution is 2.40. The number of benzene rings is 2. The van der Waals surface area contributed by atoms with E-state index in [-0.39, 0.29) is 12.4 Å². The van der Waals surface area contributed by atoms with E-state index in [2.05, 4.69) is 24.1 Å². The van der Waals surface area contributed by atoms with Crippen LogP contribution in [0.2, 0.25) is 5.02 Å². The number of likely N-dealkylation sites (N-methyl/N-ethyl adjacent to an activating group) is 1. The van der Waals surface area contributed by atoms with Crippen LogP contribution >= 0.6 is 24.0 Å². The number of aliphatic imine (C=N–C) groups is 1. The molecule has 0 atom stereocenters. The summed E-state index contributed by atoms with van der Waals surface area (Å²) in [5.41, 5.74) is 4.08. The lowest BCUT2D eigenvalue weighted by Gasteiger charge is -2.23. The van der Waals surface area contributed by atoms with Crippen LogP contribution in [0.1, 0.15) is 12.0 Å². The first-order valence-corrected chi connectivity index (χ1v) is 8.12. The molecular formula is C19H18Cl2N2O. The Morgan fingerprint density at radius 3 is 2.75 bits per heavy atom. The molecule has 2 aliphatic heterocycles. The maximum absolute atomic E-state index is 6.15. The Morgan fingerprint density at radius 1 is 1.12 bits per heavy atom. The third kappa shape index (κ3) is 3.20. The minimum atomic E-state index is 0. The van der Waals surface area contributed by atoms with E-state index >= 15 is 0 Å². The lowest BCUT2D eigenvalue weighted by Crippen LogP contribution is -2.26. The minimum Gasteiger partial charge on any atom is -0.454 e. The monoisotopic (exact) mass is 360 g/mol. The average Bonchev–Trinajstić information content (AvgIpc) is 2.72. The topological polar surface area (TPSA) is 24.8 Å². The molecule has 0 N–H and O–H groups in total. The highest BCUT2D eigenvalue weighted by Gasteiger charge is 2.22. The van der Waals surface area contributed by atoms with Crippen molar-refractivity contribution >= 4 is 35.4 Å². The van der Waals surface area contributed by atoms with Crippen LogP contribution in [-0.2, 0) is 0 Å². The molecule has 0 saturated carbocycles. The van der Waals surface area contributed by atoms with Gasteiger partial charge in [0.05, 0.1) is 5.71 Å². The summed E-state index contributed by atoms with van der Waals surface area (Å²) in [5, 5.41) is 0.666. The Bertz CT molecular complexity index is 830. The van der Waals surface area contributed by atoms with Crippen molar-refractivity contribution in [3.8, 4) is 11.5 Å². The molecule has 2 aromatic rings. The Hall–Kier alpha value is -1.81. The van der Waals surface area contributed by atoms with E-state index in [1.54, 1.807) is 0 Å². The molecule has 3 nitrogen and oxygen atoms in total. The van der Waals surface area contributed by atoms with Gasteiger partial charge in [-0.2, -0.15) is 0 Å². The fourth-order valence-electron chi connectivity index (χ4n) is 2.95.